The van der Waals surface area contributed by atoms with Gasteiger partial charge in [-0.2, -0.15) is 0 Å². The van der Waals surface area contributed by atoms with E-state index in [9.17, 15) is 0 Å². The van der Waals surface area contributed by atoms with Gasteiger partial charge in [-0.3, -0.25) is 4.99 Å². The molecule has 0 atom stereocenters. The first-order valence-corrected chi connectivity index (χ1v) is 7.51. The third kappa shape index (κ3) is 4.18. The highest BCUT2D eigenvalue weighted by Crippen LogP contribution is 2.19. The lowest BCUT2D eigenvalue weighted by atomic mass is 9.99. The van der Waals surface area contributed by atoms with E-state index in [-0.39, 0.29) is 6.61 Å². The molecule has 2 aromatic rings. The summed E-state index contributed by atoms with van der Waals surface area (Å²) < 4.78 is 5.86. The van der Waals surface area contributed by atoms with Crippen LogP contribution in [0.2, 0.25) is 0 Å². The molecule has 1 N–H and O–H groups in total. The number of rotatable bonds is 6. The fourth-order valence-corrected chi connectivity index (χ4v) is 2.21. The predicted molar refractivity (Wildman–Crippen MR) is 91.0 cm³/mol. The molecule has 3 heteroatoms. The van der Waals surface area contributed by atoms with Crippen LogP contribution in [0.5, 0.6) is 5.75 Å². The Labute approximate surface area is 132 Å². The Balaban J connectivity index is 1.99. The Bertz CT molecular complexity index is 645. The van der Waals surface area contributed by atoms with Gasteiger partial charge in [0.05, 0.1) is 13.2 Å². The van der Waals surface area contributed by atoms with Crippen molar-refractivity contribution in [1.82, 2.24) is 0 Å². The Hall–Kier alpha value is -2.13. The second-order valence-corrected chi connectivity index (χ2v) is 5.41. The zero-order chi connectivity index (χ0) is 15.9. The first kappa shape index (κ1) is 16.2. The smallest absolute Gasteiger partial charge is 0.119 e. The molecule has 0 amide bonds. The molecule has 0 aliphatic carbocycles. The van der Waals surface area contributed by atoms with Crippen molar-refractivity contribution < 1.29 is 9.84 Å². The Morgan fingerprint density at radius 2 is 1.73 bits per heavy atom. The molecule has 0 bridgehead atoms. The van der Waals surface area contributed by atoms with Crippen molar-refractivity contribution in [3.63, 3.8) is 0 Å². The van der Waals surface area contributed by atoms with Crippen LogP contribution in [0.3, 0.4) is 0 Å². The van der Waals surface area contributed by atoms with E-state index in [0.717, 1.165) is 11.3 Å². The summed E-state index contributed by atoms with van der Waals surface area (Å²) in [7, 11) is 0. The van der Waals surface area contributed by atoms with E-state index >= 15 is 0 Å². The van der Waals surface area contributed by atoms with Crippen LogP contribution in [0, 0.1) is 20.8 Å². The van der Waals surface area contributed by atoms with Crippen LogP contribution >= 0.6 is 0 Å². The summed E-state index contributed by atoms with van der Waals surface area (Å²) in [6, 6.07) is 12.1. The number of nitrogens with zero attached hydrogens (tertiary/aromatic N) is 1. The van der Waals surface area contributed by atoms with Gasteiger partial charge in [0, 0.05) is 6.21 Å². The molecule has 0 unspecified atom stereocenters. The van der Waals surface area contributed by atoms with Crippen molar-refractivity contribution in [1.29, 1.82) is 0 Å². The van der Waals surface area contributed by atoms with Crippen LogP contribution in [0.1, 0.15) is 27.8 Å². The molecule has 0 aliphatic rings. The lowest BCUT2D eigenvalue weighted by molar-refractivity contribution is 0.305. The molecule has 0 spiro atoms. The van der Waals surface area contributed by atoms with Crippen molar-refractivity contribution in [2.24, 2.45) is 4.99 Å². The third-order valence-electron chi connectivity index (χ3n) is 3.91. The largest absolute Gasteiger partial charge is 0.489 e. The highest BCUT2D eigenvalue weighted by Gasteiger charge is 2.04. The maximum absolute atomic E-state index is 8.69. The molecule has 2 aromatic carbocycles. The maximum atomic E-state index is 8.69. The molecule has 0 fully saturated rings. The van der Waals surface area contributed by atoms with E-state index in [0.29, 0.717) is 13.2 Å². The lowest BCUT2D eigenvalue weighted by Gasteiger charge is -2.12. The molecular weight excluding hydrogens is 274 g/mol. The molecule has 0 saturated heterocycles. The molecule has 0 aliphatic heterocycles. The van der Waals surface area contributed by atoms with Crippen LogP contribution in [0.25, 0.3) is 0 Å². The molecule has 3 nitrogen and oxygen atoms in total. The predicted octanol–water partition coefficient (Wildman–Crippen LogP) is 3.60. The van der Waals surface area contributed by atoms with E-state index in [1.807, 2.05) is 24.3 Å². The summed E-state index contributed by atoms with van der Waals surface area (Å²) in [5.74, 6) is 0.844. The average molecular weight is 297 g/mol. The van der Waals surface area contributed by atoms with Gasteiger partial charge in [0.1, 0.15) is 12.4 Å². The summed E-state index contributed by atoms with van der Waals surface area (Å²) in [6.07, 6.45) is 1.76. The number of aliphatic imine (C=N–C) groups is 1. The molecule has 0 saturated carbocycles. The quantitative estimate of drug-likeness (QED) is 0.828. The van der Waals surface area contributed by atoms with Gasteiger partial charge in [0.2, 0.25) is 0 Å². The van der Waals surface area contributed by atoms with E-state index in [4.69, 9.17) is 9.84 Å². The van der Waals surface area contributed by atoms with Gasteiger partial charge in [-0.1, -0.05) is 12.1 Å². The Kier molecular flexibility index (Phi) is 5.73. The monoisotopic (exact) mass is 297 g/mol. The first-order valence-electron chi connectivity index (χ1n) is 7.51. The summed E-state index contributed by atoms with van der Waals surface area (Å²) in [5.41, 5.74) is 6.16. The SMILES string of the molecule is Cc1ccc(COc2ccc(C=NCCO)cc2)c(C)c1C. The fourth-order valence-electron chi connectivity index (χ4n) is 2.21. The lowest BCUT2D eigenvalue weighted by Crippen LogP contribution is -2.00. The van der Waals surface area contributed by atoms with Gasteiger partial charge in [-0.25, -0.2) is 0 Å². The fraction of sp³-hybridized carbons (Fsp3) is 0.316. The Morgan fingerprint density at radius 1 is 1.00 bits per heavy atom. The standard InChI is InChI=1S/C19H23NO2/c1-14-4-7-18(16(3)15(14)2)13-22-19-8-5-17(6-9-19)12-20-10-11-21/h4-9,12,21H,10-11,13H2,1-3H3. The van der Waals surface area contributed by atoms with E-state index in [1.54, 1.807) is 6.21 Å². The normalized spacial score (nSPS) is 11.1. The number of aryl methyl sites for hydroxylation is 1. The zero-order valence-electron chi connectivity index (χ0n) is 13.5. The van der Waals surface area contributed by atoms with Crippen molar-refractivity contribution >= 4 is 6.21 Å². The zero-order valence-corrected chi connectivity index (χ0v) is 13.5. The number of hydrogen-bond acceptors (Lipinski definition) is 3. The van der Waals surface area contributed by atoms with Crippen molar-refractivity contribution in [2.75, 3.05) is 13.2 Å². The molecule has 2 rings (SSSR count). The van der Waals surface area contributed by atoms with Crippen LogP contribution in [0.4, 0.5) is 0 Å². The number of aliphatic hydroxyl groups excluding tert-OH is 1. The van der Waals surface area contributed by atoms with E-state index in [1.165, 1.54) is 22.3 Å². The molecular formula is C19H23NO2. The third-order valence-corrected chi connectivity index (χ3v) is 3.91. The average Bonchev–Trinajstić information content (AvgIpc) is 2.53. The molecule has 22 heavy (non-hydrogen) atoms. The summed E-state index contributed by atoms with van der Waals surface area (Å²) in [6.45, 7) is 7.50. The second-order valence-electron chi connectivity index (χ2n) is 5.41. The minimum absolute atomic E-state index is 0.0764. The summed E-state index contributed by atoms with van der Waals surface area (Å²) in [5, 5.41) is 8.69. The van der Waals surface area contributed by atoms with E-state index < -0.39 is 0 Å². The second kappa shape index (κ2) is 7.76. The number of aliphatic hydroxyl groups is 1. The van der Waals surface area contributed by atoms with Gasteiger partial charge >= 0.3 is 0 Å². The highest BCUT2D eigenvalue weighted by molar-refractivity contribution is 5.79. The van der Waals surface area contributed by atoms with Crippen molar-refractivity contribution in [3.8, 4) is 5.75 Å². The molecule has 116 valence electrons. The minimum Gasteiger partial charge on any atom is -0.489 e. The summed E-state index contributed by atoms with van der Waals surface area (Å²) in [4.78, 5) is 4.10. The van der Waals surface area contributed by atoms with Gasteiger partial charge in [-0.15, -0.1) is 0 Å². The number of benzene rings is 2. The van der Waals surface area contributed by atoms with Crippen molar-refractivity contribution in [2.45, 2.75) is 27.4 Å². The van der Waals surface area contributed by atoms with Gasteiger partial charge in [0.15, 0.2) is 0 Å². The van der Waals surface area contributed by atoms with Gasteiger partial charge in [0.25, 0.3) is 0 Å². The van der Waals surface area contributed by atoms with Crippen LogP contribution in [-0.2, 0) is 6.61 Å². The minimum atomic E-state index is 0.0764. The van der Waals surface area contributed by atoms with Crippen LogP contribution in [0.15, 0.2) is 41.4 Å². The van der Waals surface area contributed by atoms with Crippen LogP contribution < -0.4 is 4.74 Å². The number of ether oxygens (including phenoxy) is 1. The maximum Gasteiger partial charge on any atom is 0.119 e. The van der Waals surface area contributed by atoms with Gasteiger partial charge < -0.3 is 9.84 Å². The van der Waals surface area contributed by atoms with Crippen molar-refractivity contribution in [3.05, 3.63) is 64.2 Å². The highest BCUT2D eigenvalue weighted by atomic mass is 16.5. The molecule has 0 heterocycles. The molecule has 0 radical (unpaired) electrons. The van der Waals surface area contributed by atoms with Crippen LogP contribution in [-0.4, -0.2) is 24.5 Å². The topological polar surface area (TPSA) is 41.8 Å². The van der Waals surface area contributed by atoms with E-state index in [2.05, 4.69) is 37.9 Å². The van der Waals surface area contributed by atoms with Gasteiger partial charge in [-0.05, 0) is 72.9 Å². The first-order chi connectivity index (χ1) is 10.6. The summed E-state index contributed by atoms with van der Waals surface area (Å²) >= 11 is 0. The molecule has 0 aromatic heterocycles. The number of hydrogen-bond donors (Lipinski definition) is 1. The Morgan fingerprint density at radius 3 is 2.41 bits per heavy atom.